The van der Waals surface area contributed by atoms with Crippen molar-refractivity contribution in [2.75, 3.05) is 19.7 Å². The first-order chi connectivity index (χ1) is 18.4. The molecule has 2 aliphatic rings. The summed E-state index contributed by atoms with van der Waals surface area (Å²) < 4.78 is 32.5. The van der Waals surface area contributed by atoms with Crippen LogP contribution in [0.2, 0.25) is 0 Å². The number of amides is 3. The molecule has 0 bridgehead atoms. The van der Waals surface area contributed by atoms with Crippen LogP contribution in [0.5, 0.6) is 0 Å². The summed E-state index contributed by atoms with van der Waals surface area (Å²) in [6.07, 6.45) is 4.68. The zero-order valence-electron chi connectivity index (χ0n) is 20.4. The zero-order chi connectivity index (χ0) is 26.7. The second-order valence-corrected chi connectivity index (χ2v) is 11.8. The van der Waals surface area contributed by atoms with Crippen molar-refractivity contribution in [2.45, 2.75) is 36.4 Å². The fourth-order valence-corrected chi connectivity index (χ4v) is 6.85. The van der Waals surface area contributed by atoms with Crippen molar-refractivity contribution >= 4 is 39.1 Å². The number of nitrogens with zero attached hydrogens (tertiary/aromatic N) is 3. The molecule has 0 aliphatic carbocycles. The minimum atomic E-state index is -4.21. The number of pyridine rings is 1. The van der Waals surface area contributed by atoms with Gasteiger partial charge in [-0.15, -0.1) is 11.3 Å². The third-order valence-corrected chi connectivity index (χ3v) is 9.18. The predicted molar refractivity (Wildman–Crippen MR) is 138 cm³/mol. The number of benzene rings is 1. The normalized spacial score (nSPS) is 18.7. The number of nitrogens with one attached hydrogen (secondary N) is 1. The van der Waals surface area contributed by atoms with E-state index in [1.54, 1.807) is 18.2 Å². The lowest BCUT2D eigenvalue weighted by molar-refractivity contribution is -0.141. The second kappa shape index (κ2) is 11.0. The molecule has 198 valence electrons. The Labute approximate surface area is 224 Å². The summed E-state index contributed by atoms with van der Waals surface area (Å²) in [5.74, 6) is -1.89. The molecule has 3 aromatic rings. The van der Waals surface area contributed by atoms with E-state index in [0.717, 1.165) is 17.7 Å². The molecule has 0 saturated carbocycles. The maximum absolute atomic E-state index is 13.8. The Morgan fingerprint density at radius 2 is 1.95 bits per heavy atom. The lowest BCUT2D eigenvalue weighted by atomic mass is 10.0. The number of fused-ring (bicyclic) bond motifs is 1. The molecule has 0 radical (unpaired) electrons. The van der Waals surface area contributed by atoms with Crippen LogP contribution >= 0.6 is 11.3 Å². The van der Waals surface area contributed by atoms with Gasteiger partial charge in [0.05, 0.1) is 18.2 Å². The van der Waals surface area contributed by atoms with E-state index >= 15 is 0 Å². The summed E-state index contributed by atoms with van der Waals surface area (Å²) in [5.41, 5.74) is 0.527. The van der Waals surface area contributed by atoms with Crippen LogP contribution < -0.4 is 5.32 Å². The maximum atomic E-state index is 13.8. The highest BCUT2D eigenvalue weighted by molar-refractivity contribution is 7.90. The molecule has 1 N–H and O–H groups in total. The Kier molecular flexibility index (Phi) is 7.54. The van der Waals surface area contributed by atoms with Crippen LogP contribution in [-0.4, -0.2) is 66.1 Å². The fourth-order valence-electron chi connectivity index (χ4n) is 4.63. The number of thiophene rings is 1. The fraction of sp³-hybridized carbons (Fsp3) is 0.308. The van der Waals surface area contributed by atoms with Gasteiger partial charge in [0.25, 0.3) is 15.9 Å². The number of hydrogen-bond acceptors (Lipinski definition) is 8. The van der Waals surface area contributed by atoms with Gasteiger partial charge in [-0.25, -0.2) is 12.7 Å². The number of rotatable bonds is 9. The molecule has 2 aliphatic heterocycles. The number of hydrogen-bond donors (Lipinski definition) is 1. The van der Waals surface area contributed by atoms with Gasteiger partial charge >= 0.3 is 0 Å². The first kappa shape index (κ1) is 26.0. The Morgan fingerprint density at radius 1 is 1.16 bits per heavy atom. The highest BCUT2D eigenvalue weighted by atomic mass is 32.2. The number of sulfonamides is 1. The summed E-state index contributed by atoms with van der Waals surface area (Å²) in [5, 5.41) is 4.75. The van der Waals surface area contributed by atoms with Crippen LogP contribution in [-0.2, 0) is 30.9 Å². The summed E-state index contributed by atoms with van der Waals surface area (Å²) in [4.78, 5) is 46.4. The molecule has 0 spiro atoms. The van der Waals surface area contributed by atoms with E-state index in [4.69, 9.17) is 4.74 Å². The molecule has 4 heterocycles. The molecule has 1 fully saturated rings. The molecular formula is C26H26N4O6S2. The summed E-state index contributed by atoms with van der Waals surface area (Å²) in [6, 6.07) is 11.7. The van der Waals surface area contributed by atoms with Crippen molar-refractivity contribution in [1.82, 2.24) is 19.5 Å². The maximum Gasteiger partial charge on any atom is 0.269 e. The summed E-state index contributed by atoms with van der Waals surface area (Å²) in [7, 11) is -4.21. The van der Waals surface area contributed by atoms with Gasteiger partial charge in [-0.2, -0.15) is 0 Å². The van der Waals surface area contributed by atoms with Crippen molar-refractivity contribution in [2.24, 2.45) is 0 Å². The van der Waals surface area contributed by atoms with Gasteiger partial charge < -0.3 is 15.0 Å². The van der Waals surface area contributed by atoms with E-state index in [9.17, 15) is 22.8 Å². The SMILES string of the molecule is O=C(NC[C@H]1CCCO1)[C@H](c1ccncc1)N(Cc1cccs1)C(=O)CN1C(=O)c2ccccc2S1(=O)=O. The molecule has 12 heteroatoms. The Hall–Kier alpha value is -3.61. The van der Waals surface area contributed by atoms with Gasteiger partial charge in [0.15, 0.2) is 0 Å². The van der Waals surface area contributed by atoms with E-state index in [0.29, 0.717) is 16.5 Å². The lowest BCUT2D eigenvalue weighted by Crippen LogP contribution is -2.48. The average Bonchev–Trinajstić information content (AvgIpc) is 3.67. The summed E-state index contributed by atoms with van der Waals surface area (Å²) in [6.45, 7) is 0.238. The monoisotopic (exact) mass is 554 g/mol. The summed E-state index contributed by atoms with van der Waals surface area (Å²) >= 11 is 1.40. The third-order valence-electron chi connectivity index (χ3n) is 6.53. The van der Waals surface area contributed by atoms with Crippen molar-refractivity contribution in [1.29, 1.82) is 0 Å². The van der Waals surface area contributed by atoms with Gasteiger partial charge in [0.1, 0.15) is 17.5 Å². The van der Waals surface area contributed by atoms with Crippen LogP contribution in [0, 0.1) is 0 Å². The smallest absolute Gasteiger partial charge is 0.269 e. The average molecular weight is 555 g/mol. The van der Waals surface area contributed by atoms with Crippen molar-refractivity contribution in [3.05, 3.63) is 82.3 Å². The van der Waals surface area contributed by atoms with Gasteiger partial charge in [-0.3, -0.25) is 19.4 Å². The van der Waals surface area contributed by atoms with Crippen molar-refractivity contribution < 1.29 is 27.5 Å². The molecule has 0 unspecified atom stereocenters. The Balaban J connectivity index is 1.46. The highest BCUT2D eigenvalue weighted by Gasteiger charge is 2.43. The number of carbonyl (C=O) groups excluding carboxylic acids is 3. The minimum Gasteiger partial charge on any atom is -0.376 e. The van der Waals surface area contributed by atoms with Gasteiger partial charge in [-0.1, -0.05) is 18.2 Å². The van der Waals surface area contributed by atoms with Gasteiger partial charge in [0.2, 0.25) is 11.8 Å². The molecular weight excluding hydrogens is 528 g/mol. The van der Waals surface area contributed by atoms with E-state index in [1.807, 2.05) is 17.5 Å². The Bertz CT molecular complexity index is 1420. The third kappa shape index (κ3) is 5.19. The van der Waals surface area contributed by atoms with Crippen molar-refractivity contribution in [3.63, 3.8) is 0 Å². The van der Waals surface area contributed by atoms with E-state index in [1.165, 1.54) is 46.8 Å². The molecule has 3 amide bonds. The molecule has 2 atom stereocenters. The standard InChI is InChI=1S/C26H26N4O6S2/c31-23(17-30-26(33)21-7-1-2-8-22(21)38(30,34)35)29(16-20-6-4-14-37-20)24(18-9-11-27-12-10-18)25(32)28-15-19-5-3-13-36-19/h1-2,4,6-12,14,19,24H,3,5,13,15-17H2,(H,28,32)/t19-,24+/m1/s1. The second-order valence-electron chi connectivity index (χ2n) is 8.98. The van der Waals surface area contributed by atoms with Crippen LogP contribution in [0.25, 0.3) is 0 Å². The van der Waals surface area contributed by atoms with E-state index in [-0.39, 0.29) is 29.7 Å². The number of ether oxygens (including phenoxy) is 1. The molecule has 5 rings (SSSR count). The van der Waals surface area contributed by atoms with Crippen LogP contribution in [0.15, 0.2) is 71.2 Å². The van der Waals surface area contributed by atoms with Crippen LogP contribution in [0.1, 0.15) is 39.7 Å². The van der Waals surface area contributed by atoms with Gasteiger partial charge in [-0.05, 0) is 54.1 Å². The number of carbonyl (C=O) groups is 3. The van der Waals surface area contributed by atoms with E-state index in [2.05, 4.69) is 10.3 Å². The number of aromatic nitrogens is 1. The zero-order valence-corrected chi connectivity index (χ0v) is 22.0. The first-order valence-corrected chi connectivity index (χ1v) is 14.5. The quantitative estimate of drug-likeness (QED) is 0.430. The van der Waals surface area contributed by atoms with Crippen molar-refractivity contribution in [3.8, 4) is 0 Å². The molecule has 38 heavy (non-hydrogen) atoms. The van der Waals surface area contributed by atoms with Crippen LogP contribution in [0.3, 0.4) is 0 Å². The minimum absolute atomic E-state index is 0.0186. The topological polar surface area (TPSA) is 126 Å². The highest BCUT2D eigenvalue weighted by Crippen LogP contribution is 2.31. The largest absolute Gasteiger partial charge is 0.376 e. The van der Waals surface area contributed by atoms with Crippen LogP contribution in [0.4, 0.5) is 0 Å². The Morgan fingerprint density at radius 3 is 2.63 bits per heavy atom. The molecule has 1 aromatic carbocycles. The molecule has 1 saturated heterocycles. The predicted octanol–water partition coefficient (Wildman–Crippen LogP) is 2.35. The van der Waals surface area contributed by atoms with E-state index < -0.39 is 40.3 Å². The molecule has 10 nitrogen and oxygen atoms in total. The molecule has 2 aromatic heterocycles. The first-order valence-electron chi connectivity index (χ1n) is 12.1. The van der Waals surface area contributed by atoms with Gasteiger partial charge in [0, 0.05) is 30.4 Å². The lowest BCUT2D eigenvalue weighted by Gasteiger charge is -2.32.